The van der Waals surface area contributed by atoms with Crippen molar-refractivity contribution in [3.05, 3.63) is 27.5 Å². The molecule has 2 aromatic heterocycles. The highest BCUT2D eigenvalue weighted by atomic mass is 32.1. The van der Waals surface area contributed by atoms with Gasteiger partial charge in [0.25, 0.3) is 0 Å². The number of hydrogen-bond acceptors (Lipinski definition) is 6. The van der Waals surface area contributed by atoms with Crippen LogP contribution in [0.4, 0.5) is 0 Å². The molecule has 1 aliphatic heterocycles. The van der Waals surface area contributed by atoms with Crippen LogP contribution in [0.15, 0.2) is 6.20 Å². The Hall–Kier alpha value is -1.31. The normalized spacial score (nSPS) is 17.5. The molecule has 21 heavy (non-hydrogen) atoms. The zero-order chi connectivity index (χ0) is 14.8. The number of hydrogen-bond donors (Lipinski definition) is 1. The van der Waals surface area contributed by atoms with E-state index in [0.717, 1.165) is 48.9 Å². The van der Waals surface area contributed by atoms with Gasteiger partial charge in [0.05, 0.1) is 24.1 Å². The van der Waals surface area contributed by atoms with Gasteiger partial charge in [-0.05, 0) is 26.7 Å². The average molecular weight is 306 g/mol. The second-order valence-electron chi connectivity index (χ2n) is 5.77. The van der Waals surface area contributed by atoms with Gasteiger partial charge in [-0.25, -0.2) is 9.67 Å². The lowest BCUT2D eigenvalue weighted by molar-refractivity contribution is 0.203. The summed E-state index contributed by atoms with van der Waals surface area (Å²) in [6.45, 7) is 7.82. The van der Waals surface area contributed by atoms with Crippen molar-refractivity contribution in [2.24, 2.45) is 5.73 Å². The van der Waals surface area contributed by atoms with Crippen molar-refractivity contribution < 1.29 is 0 Å². The summed E-state index contributed by atoms with van der Waals surface area (Å²) < 4.78 is 1.88. The summed E-state index contributed by atoms with van der Waals surface area (Å²) in [5, 5.41) is 9.57. The average Bonchev–Trinajstić information content (AvgIpc) is 3.00. The fraction of sp³-hybridized carbons (Fsp3) is 0.643. The summed E-state index contributed by atoms with van der Waals surface area (Å²) in [4.78, 5) is 8.22. The quantitative estimate of drug-likeness (QED) is 0.922. The number of nitrogens with two attached hydrogens (primary N) is 1. The Morgan fingerprint density at radius 1 is 1.29 bits per heavy atom. The molecular weight excluding hydrogens is 284 g/mol. The van der Waals surface area contributed by atoms with Crippen LogP contribution in [0.5, 0.6) is 0 Å². The summed E-state index contributed by atoms with van der Waals surface area (Å²) in [6.07, 6.45) is 4.18. The molecule has 0 radical (unpaired) electrons. The fourth-order valence-electron chi connectivity index (χ4n) is 2.57. The van der Waals surface area contributed by atoms with Gasteiger partial charge in [-0.1, -0.05) is 5.21 Å². The lowest BCUT2D eigenvalue weighted by Gasteiger charge is -2.29. The molecule has 3 rings (SSSR count). The third-order valence-corrected chi connectivity index (χ3v) is 5.03. The van der Waals surface area contributed by atoms with Crippen molar-refractivity contribution in [2.75, 3.05) is 13.1 Å². The van der Waals surface area contributed by atoms with Gasteiger partial charge in [-0.3, -0.25) is 4.90 Å². The first-order valence-electron chi connectivity index (χ1n) is 7.40. The zero-order valence-electron chi connectivity index (χ0n) is 12.6. The number of rotatable bonds is 4. The van der Waals surface area contributed by atoms with Crippen LogP contribution in [0.2, 0.25) is 0 Å². The minimum Gasteiger partial charge on any atom is -0.328 e. The van der Waals surface area contributed by atoms with Crippen LogP contribution in [-0.2, 0) is 13.1 Å². The first kappa shape index (κ1) is 14.6. The number of nitrogens with zero attached hydrogens (tertiary/aromatic N) is 5. The highest BCUT2D eigenvalue weighted by molar-refractivity contribution is 7.11. The number of aromatic nitrogens is 4. The topological polar surface area (TPSA) is 72.9 Å². The van der Waals surface area contributed by atoms with Crippen molar-refractivity contribution in [1.82, 2.24) is 24.9 Å². The standard InChI is InChI=1S/C14H22N6S/c1-10-11(2)21-14(16-10)9-20-8-13(17-18-20)7-19-5-3-12(15)4-6-19/h8,12H,3-7,9,15H2,1-2H3. The second-order valence-corrected chi connectivity index (χ2v) is 7.06. The third-order valence-electron chi connectivity index (χ3n) is 3.97. The number of aryl methyl sites for hydroxylation is 2. The maximum atomic E-state index is 5.93. The first-order chi connectivity index (χ1) is 10.1. The van der Waals surface area contributed by atoms with Crippen LogP contribution < -0.4 is 5.73 Å². The van der Waals surface area contributed by atoms with E-state index in [1.54, 1.807) is 11.3 Å². The molecule has 0 aromatic carbocycles. The molecule has 1 fully saturated rings. The number of thiazole rings is 1. The van der Waals surface area contributed by atoms with Gasteiger partial charge in [0.1, 0.15) is 5.01 Å². The zero-order valence-corrected chi connectivity index (χ0v) is 13.4. The van der Waals surface area contributed by atoms with E-state index in [2.05, 4.69) is 27.1 Å². The Bertz CT molecular complexity index is 577. The van der Waals surface area contributed by atoms with E-state index in [0.29, 0.717) is 12.6 Å². The van der Waals surface area contributed by atoms with Crippen LogP contribution in [0, 0.1) is 13.8 Å². The van der Waals surface area contributed by atoms with Gasteiger partial charge in [0.15, 0.2) is 0 Å². The highest BCUT2D eigenvalue weighted by Crippen LogP contribution is 2.17. The molecule has 0 bridgehead atoms. The van der Waals surface area contributed by atoms with Gasteiger partial charge in [0.2, 0.25) is 0 Å². The van der Waals surface area contributed by atoms with Crippen molar-refractivity contribution in [1.29, 1.82) is 0 Å². The molecule has 1 aliphatic rings. The Kier molecular flexibility index (Phi) is 4.32. The summed E-state index contributed by atoms with van der Waals surface area (Å²) >= 11 is 1.73. The molecule has 0 spiro atoms. The number of piperidine rings is 1. The van der Waals surface area contributed by atoms with Crippen molar-refractivity contribution in [3.63, 3.8) is 0 Å². The Labute approximate surface area is 129 Å². The molecule has 1 saturated heterocycles. The Balaban J connectivity index is 1.58. The minimum atomic E-state index is 0.369. The molecule has 7 heteroatoms. The van der Waals surface area contributed by atoms with E-state index in [1.807, 2.05) is 17.8 Å². The van der Waals surface area contributed by atoms with E-state index in [9.17, 15) is 0 Å². The van der Waals surface area contributed by atoms with Crippen LogP contribution in [0.3, 0.4) is 0 Å². The summed E-state index contributed by atoms with van der Waals surface area (Å²) in [5.74, 6) is 0. The largest absolute Gasteiger partial charge is 0.328 e. The third kappa shape index (κ3) is 3.66. The molecule has 0 saturated carbocycles. The van der Waals surface area contributed by atoms with Gasteiger partial charge in [0, 0.05) is 30.6 Å². The lowest BCUT2D eigenvalue weighted by Crippen LogP contribution is -2.39. The van der Waals surface area contributed by atoms with Crippen LogP contribution >= 0.6 is 11.3 Å². The molecule has 2 aromatic rings. The molecule has 0 atom stereocenters. The van der Waals surface area contributed by atoms with E-state index in [4.69, 9.17) is 5.73 Å². The summed E-state index contributed by atoms with van der Waals surface area (Å²) in [7, 11) is 0. The molecule has 0 amide bonds. The summed E-state index contributed by atoms with van der Waals surface area (Å²) in [6, 6.07) is 0.369. The highest BCUT2D eigenvalue weighted by Gasteiger charge is 2.17. The molecule has 3 heterocycles. The van der Waals surface area contributed by atoms with Crippen LogP contribution in [-0.4, -0.2) is 44.0 Å². The van der Waals surface area contributed by atoms with Gasteiger partial charge in [-0.15, -0.1) is 16.4 Å². The monoisotopic (exact) mass is 306 g/mol. The number of likely N-dealkylation sites (tertiary alicyclic amines) is 1. The van der Waals surface area contributed by atoms with Gasteiger partial charge < -0.3 is 5.73 Å². The second kappa shape index (κ2) is 6.21. The predicted octanol–water partition coefficient (Wildman–Crippen LogP) is 1.32. The van der Waals surface area contributed by atoms with Crippen LogP contribution in [0.1, 0.15) is 34.1 Å². The molecule has 0 aliphatic carbocycles. The van der Waals surface area contributed by atoms with Gasteiger partial charge >= 0.3 is 0 Å². The smallest absolute Gasteiger partial charge is 0.115 e. The fourth-order valence-corrected chi connectivity index (χ4v) is 3.50. The van der Waals surface area contributed by atoms with Gasteiger partial charge in [-0.2, -0.15) is 0 Å². The molecule has 0 unspecified atom stereocenters. The van der Waals surface area contributed by atoms with E-state index < -0.39 is 0 Å². The maximum Gasteiger partial charge on any atom is 0.115 e. The molecular formula is C14H22N6S. The minimum absolute atomic E-state index is 0.369. The Morgan fingerprint density at radius 2 is 2.05 bits per heavy atom. The van der Waals surface area contributed by atoms with E-state index >= 15 is 0 Å². The first-order valence-corrected chi connectivity index (χ1v) is 8.21. The Morgan fingerprint density at radius 3 is 2.71 bits per heavy atom. The van der Waals surface area contributed by atoms with E-state index in [1.165, 1.54) is 4.88 Å². The maximum absolute atomic E-state index is 5.93. The summed E-state index contributed by atoms with van der Waals surface area (Å²) in [5.41, 5.74) is 8.06. The molecule has 6 nitrogen and oxygen atoms in total. The molecule has 114 valence electrons. The lowest BCUT2D eigenvalue weighted by atomic mass is 10.1. The van der Waals surface area contributed by atoms with Crippen molar-refractivity contribution in [2.45, 2.75) is 45.8 Å². The van der Waals surface area contributed by atoms with Crippen molar-refractivity contribution in [3.8, 4) is 0 Å². The predicted molar refractivity (Wildman–Crippen MR) is 83.2 cm³/mol. The van der Waals surface area contributed by atoms with Crippen molar-refractivity contribution >= 4 is 11.3 Å². The SMILES string of the molecule is Cc1nc(Cn2cc(CN3CCC(N)CC3)nn2)sc1C. The van der Waals surface area contributed by atoms with E-state index in [-0.39, 0.29) is 0 Å². The van der Waals surface area contributed by atoms with Crippen LogP contribution in [0.25, 0.3) is 0 Å². The molecule has 2 N–H and O–H groups in total.